The zero-order valence-electron chi connectivity index (χ0n) is 24.1. The second-order valence-corrected chi connectivity index (χ2v) is 9.14. The van der Waals surface area contributed by atoms with Gasteiger partial charge in [0.1, 0.15) is 0 Å². The zero-order chi connectivity index (χ0) is 29.2. The average Bonchev–Trinajstić information content (AvgIpc) is 3.07. The van der Waals surface area contributed by atoms with Crippen LogP contribution in [0.3, 0.4) is 0 Å². The molecule has 1 N–H and O–H groups in total. The Morgan fingerprint density at radius 3 is 1.33 bits per heavy atom. The number of hydrogen-bond donors (Lipinski definition) is 1. The molecule has 0 bridgehead atoms. The van der Waals surface area contributed by atoms with Crippen LogP contribution in [0.15, 0.2) is 134 Å². The summed E-state index contributed by atoms with van der Waals surface area (Å²) in [5.41, 5.74) is 7.75. The predicted molar refractivity (Wildman–Crippen MR) is 170 cm³/mol. The van der Waals surface area contributed by atoms with Crippen molar-refractivity contribution in [1.29, 1.82) is 0 Å². The van der Waals surface area contributed by atoms with Gasteiger partial charge in [-0.15, -0.1) is 0 Å². The van der Waals surface area contributed by atoms with E-state index in [1.165, 1.54) is 5.56 Å². The SMILES string of the molecule is [CH2-]CCCNc1ccnc(-c2cc(C)ccn2)c1.[Ru+].c1ccc(-c2ccccn2)nc1.c1ccc(-c2ccccn2)nc1. The number of rotatable bonds is 7. The first-order valence-corrected chi connectivity index (χ1v) is 13.8. The minimum absolute atomic E-state index is 0. The smallest absolute Gasteiger partial charge is 0.385 e. The van der Waals surface area contributed by atoms with Crippen molar-refractivity contribution in [3.05, 3.63) is 147 Å². The molecular formula is C35H34N7Ru. The van der Waals surface area contributed by atoms with Crippen LogP contribution >= 0.6 is 0 Å². The van der Waals surface area contributed by atoms with Crippen LogP contribution in [-0.4, -0.2) is 36.4 Å². The van der Waals surface area contributed by atoms with Gasteiger partial charge >= 0.3 is 19.5 Å². The van der Waals surface area contributed by atoms with Crippen molar-refractivity contribution in [3.8, 4) is 34.2 Å². The molecule has 0 saturated heterocycles. The van der Waals surface area contributed by atoms with E-state index in [1.54, 1.807) is 24.8 Å². The van der Waals surface area contributed by atoms with Crippen LogP contribution in [0, 0.1) is 13.8 Å². The Morgan fingerprint density at radius 2 is 0.930 bits per heavy atom. The van der Waals surface area contributed by atoms with Gasteiger partial charge in [-0.2, -0.15) is 6.42 Å². The molecule has 6 aromatic rings. The van der Waals surface area contributed by atoms with Crippen molar-refractivity contribution in [2.45, 2.75) is 19.8 Å². The average molecular weight is 654 g/mol. The van der Waals surface area contributed by atoms with E-state index < -0.39 is 0 Å². The van der Waals surface area contributed by atoms with Crippen LogP contribution in [-0.2, 0) is 19.5 Å². The number of anilines is 1. The van der Waals surface area contributed by atoms with E-state index in [4.69, 9.17) is 0 Å². The summed E-state index contributed by atoms with van der Waals surface area (Å²) in [6, 6.07) is 31.2. The van der Waals surface area contributed by atoms with Gasteiger partial charge in [0.05, 0.1) is 34.2 Å². The Bertz CT molecular complexity index is 1440. The second-order valence-electron chi connectivity index (χ2n) is 9.14. The molecule has 0 unspecified atom stereocenters. The van der Waals surface area contributed by atoms with Crippen molar-refractivity contribution in [2.75, 3.05) is 11.9 Å². The van der Waals surface area contributed by atoms with Gasteiger partial charge in [0.15, 0.2) is 0 Å². The van der Waals surface area contributed by atoms with Gasteiger partial charge in [-0.3, -0.25) is 29.9 Å². The number of nitrogens with one attached hydrogen (secondary N) is 1. The minimum atomic E-state index is 0. The molecule has 0 spiro atoms. The molecule has 8 heteroatoms. The number of aromatic nitrogens is 6. The molecule has 0 amide bonds. The summed E-state index contributed by atoms with van der Waals surface area (Å²) in [5, 5.41) is 3.36. The first-order chi connectivity index (χ1) is 20.7. The summed E-state index contributed by atoms with van der Waals surface area (Å²) in [6.07, 6.45) is 12.7. The third-order valence-electron chi connectivity index (χ3n) is 5.88. The van der Waals surface area contributed by atoms with Gasteiger partial charge in [-0.05, 0) is 85.3 Å². The van der Waals surface area contributed by atoms with E-state index >= 15 is 0 Å². The third-order valence-corrected chi connectivity index (χ3v) is 5.88. The van der Waals surface area contributed by atoms with Crippen molar-refractivity contribution in [2.24, 2.45) is 0 Å². The molecular weight excluding hydrogens is 620 g/mol. The molecule has 7 nitrogen and oxygen atoms in total. The third kappa shape index (κ3) is 11.3. The van der Waals surface area contributed by atoms with Gasteiger partial charge in [0.25, 0.3) is 0 Å². The summed E-state index contributed by atoms with van der Waals surface area (Å²) in [6.45, 7) is 6.83. The van der Waals surface area contributed by atoms with Gasteiger partial charge in [-0.1, -0.05) is 30.7 Å². The summed E-state index contributed by atoms with van der Waals surface area (Å²) < 4.78 is 0. The largest absolute Gasteiger partial charge is 1.00 e. The Morgan fingerprint density at radius 1 is 0.512 bits per heavy atom. The Kier molecular flexibility index (Phi) is 14.3. The maximum Gasteiger partial charge on any atom is 1.00 e. The number of hydrogen-bond acceptors (Lipinski definition) is 7. The summed E-state index contributed by atoms with van der Waals surface area (Å²) in [5.74, 6) is 0. The monoisotopic (exact) mass is 654 g/mol. The zero-order valence-corrected chi connectivity index (χ0v) is 25.8. The van der Waals surface area contributed by atoms with Crippen LogP contribution in [0.2, 0.25) is 0 Å². The molecule has 6 aromatic heterocycles. The molecule has 217 valence electrons. The molecule has 6 heterocycles. The summed E-state index contributed by atoms with van der Waals surface area (Å²) >= 11 is 0. The standard InChI is InChI=1S/C15H18N3.2C10H8N2.Ru/c1-3-4-7-16-13-6-9-18-15(11-13)14-10-12(2)5-8-17-14;2*1-3-7-11-9(5-1)10-6-2-4-8-12-10;/h5-6,8-11H,1,3-4,7H2,2H3,(H,16,18);2*1-8H;/q-1;;;+1. The molecule has 6 rings (SSSR count). The Balaban J connectivity index is 0.000000180. The molecule has 0 saturated carbocycles. The van der Waals surface area contributed by atoms with Crippen LogP contribution in [0.25, 0.3) is 34.2 Å². The fourth-order valence-electron chi connectivity index (χ4n) is 3.77. The van der Waals surface area contributed by atoms with E-state index in [0.29, 0.717) is 0 Å². The van der Waals surface area contributed by atoms with Gasteiger partial charge in [0, 0.05) is 49.4 Å². The minimum Gasteiger partial charge on any atom is -0.385 e. The van der Waals surface area contributed by atoms with Crippen LogP contribution in [0.4, 0.5) is 5.69 Å². The van der Waals surface area contributed by atoms with Crippen molar-refractivity contribution in [3.63, 3.8) is 0 Å². The Hall–Kier alpha value is -4.68. The molecule has 43 heavy (non-hydrogen) atoms. The molecule has 0 aromatic carbocycles. The molecule has 0 aliphatic rings. The van der Waals surface area contributed by atoms with E-state index in [1.807, 2.05) is 109 Å². The first kappa shape index (κ1) is 32.8. The van der Waals surface area contributed by atoms with Crippen LogP contribution < -0.4 is 5.32 Å². The topological polar surface area (TPSA) is 89.4 Å². The first-order valence-electron chi connectivity index (χ1n) is 13.8. The molecule has 1 radical (unpaired) electrons. The van der Waals surface area contributed by atoms with Gasteiger partial charge in [0.2, 0.25) is 0 Å². The normalized spacial score (nSPS) is 9.72. The van der Waals surface area contributed by atoms with Crippen LogP contribution in [0.5, 0.6) is 0 Å². The quantitative estimate of drug-likeness (QED) is 0.107. The van der Waals surface area contributed by atoms with E-state index in [-0.39, 0.29) is 19.5 Å². The second kappa shape index (κ2) is 18.7. The summed E-state index contributed by atoms with van der Waals surface area (Å²) in [7, 11) is 0. The maximum absolute atomic E-state index is 4.36. The molecule has 0 aliphatic carbocycles. The number of pyridine rings is 6. The number of unbranched alkanes of at least 4 members (excludes halogenated alkanes) is 1. The number of aryl methyl sites for hydroxylation is 1. The van der Waals surface area contributed by atoms with Crippen molar-refractivity contribution >= 4 is 5.69 Å². The van der Waals surface area contributed by atoms with Crippen molar-refractivity contribution in [1.82, 2.24) is 29.9 Å². The molecule has 0 atom stereocenters. The van der Waals surface area contributed by atoms with E-state index in [0.717, 1.165) is 59.2 Å². The van der Waals surface area contributed by atoms with Crippen molar-refractivity contribution < 1.29 is 19.5 Å². The van der Waals surface area contributed by atoms with Gasteiger partial charge in [-0.25, -0.2) is 0 Å². The predicted octanol–water partition coefficient (Wildman–Crippen LogP) is 7.76. The summed E-state index contributed by atoms with van der Waals surface area (Å²) in [4.78, 5) is 25.5. The fourth-order valence-corrected chi connectivity index (χ4v) is 3.77. The Labute approximate surface area is 266 Å². The number of nitrogens with zero attached hydrogens (tertiary/aromatic N) is 6. The van der Waals surface area contributed by atoms with Gasteiger partial charge < -0.3 is 12.2 Å². The fraction of sp³-hybridized carbons (Fsp3) is 0.114. The molecule has 0 fully saturated rings. The van der Waals surface area contributed by atoms with E-state index in [2.05, 4.69) is 49.1 Å². The maximum atomic E-state index is 4.36. The molecule has 0 aliphatic heterocycles. The van der Waals surface area contributed by atoms with E-state index in [9.17, 15) is 0 Å². The van der Waals surface area contributed by atoms with Crippen LogP contribution in [0.1, 0.15) is 18.4 Å².